The molecule has 1 nitrogen and oxygen atoms in total. The molecule has 0 fully saturated rings. The average Bonchev–Trinajstić information content (AvgIpc) is 2.08. The maximum absolute atomic E-state index is 13.1. The largest absolute Gasteiger partial charge is 0.380 e. The van der Waals surface area contributed by atoms with Crippen LogP contribution in [0, 0.1) is 5.82 Å². The zero-order chi connectivity index (χ0) is 11.6. The monoisotopic (exact) mass is 256 g/mol. The standard InChI is InChI=1S/C9H5Cl2F3O/c10-6-2-1-5(7(12)4-6)3-8(15)9(11,13)14/h1-2,4H,3H2. The molecule has 0 radical (unpaired) electrons. The molecule has 0 saturated carbocycles. The molecule has 6 heteroatoms. The molecule has 82 valence electrons. The van der Waals surface area contributed by atoms with Crippen LogP contribution in [0.25, 0.3) is 0 Å². The predicted molar refractivity (Wildman–Crippen MR) is 50.9 cm³/mol. The highest BCUT2D eigenvalue weighted by molar-refractivity contribution is 6.32. The number of ketones is 1. The van der Waals surface area contributed by atoms with Crippen LogP contribution >= 0.6 is 23.2 Å². The van der Waals surface area contributed by atoms with E-state index in [9.17, 15) is 18.0 Å². The lowest BCUT2D eigenvalue weighted by Crippen LogP contribution is -2.23. The molecule has 1 aromatic rings. The van der Waals surface area contributed by atoms with Gasteiger partial charge in [-0.05, 0) is 29.3 Å². The molecular formula is C9H5Cl2F3O. The Balaban J connectivity index is 2.87. The summed E-state index contributed by atoms with van der Waals surface area (Å²) in [6.45, 7) is 0. The summed E-state index contributed by atoms with van der Waals surface area (Å²) in [6, 6.07) is 3.41. The fourth-order valence-corrected chi connectivity index (χ4v) is 1.16. The molecule has 0 amide bonds. The van der Waals surface area contributed by atoms with Crippen molar-refractivity contribution in [3.63, 3.8) is 0 Å². The Morgan fingerprint density at radius 1 is 1.40 bits per heavy atom. The highest BCUT2D eigenvalue weighted by atomic mass is 35.5. The first-order valence-electron chi connectivity index (χ1n) is 3.84. The summed E-state index contributed by atoms with van der Waals surface area (Å²) < 4.78 is 37.6. The molecule has 15 heavy (non-hydrogen) atoms. The molecule has 0 aliphatic rings. The molecule has 0 saturated heterocycles. The molecule has 0 heterocycles. The lowest BCUT2D eigenvalue weighted by Gasteiger charge is -2.07. The van der Waals surface area contributed by atoms with Crippen molar-refractivity contribution in [1.82, 2.24) is 0 Å². The second-order valence-electron chi connectivity index (χ2n) is 2.83. The quantitative estimate of drug-likeness (QED) is 0.758. The zero-order valence-electron chi connectivity index (χ0n) is 7.24. The topological polar surface area (TPSA) is 17.1 Å². The number of carbonyl (C=O) groups is 1. The fourth-order valence-electron chi connectivity index (χ4n) is 0.938. The van der Waals surface area contributed by atoms with Crippen LogP contribution < -0.4 is 0 Å². The summed E-state index contributed by atoms with van der Waals surface area (Å²) in [5.74, 6) is -2.36. The van der Waals surface area contributed by atoms with Gasteiger partial charge in [-0.2, -0.15) is 8.78 Å². The van der Waals surface area contributed by atoms with E-state index in [2.05, 4.69) is 11.6 Å². The van der Waals surface area contributed by atoms with E-state index < -0.39 is 23.4 Å². The fraction of sp³-hybridized carbons (Fsp3) is 0.222. The van der Waals surface area contributed by atoms with Crippen molar-refractivity contribution in [2.24, 2.45) is 0 Å². The van der Waals surface area contributed by atoms with Crippen molar-refractivity contribution in [3.05, 3.63) is 34.6 Å². The lowest BCUT2D eigenvalue weighted by molar-refractivity contribution is -0.132. The van der Waals surface area contributed by atoms with Gasteiger partial charge in [0.25, 0.3) is 0 Å². The van der Waals surface area contributed by atoms with Crippen molar-refractivity contribution < 1.29 is 18.0 Å². The van der Waals surface area contributed by atoms with Gasteiger partial charge in [0.15, 0.2) is 0 Å². The molecule has 0 N–H and O–H groups in total. The van der Waals surface area contributed by atoms with E-state index in [1.165, 1.54) is 6.07 Å². The molecular weight excluding hydrogens is 252 g/mol. The first kappa shape index (κ1) is 12.3. The van der Waals surface area contributed by atoms with Crippen LogP contribution in [-0.2, 0) is 11.2 Å². The number of hydrogen-bond acceptors (Lipinski definition) is 1. The van der Waals surface area contributed by atoms with Crippen LogP contribution in [0.1, 0.15) is 5.56 Å². The number of carbonyl (C=O) groups excluding carboxylic acids is 1. The van der Waals surface area contributed by atoms with Crippen molar-refractivity contribution in [2.45, 2.75) is 11.8 Å². The maximum Gasteiger partial charge on any atom is 0.380 e. The minimum atomic E-state index is -3.97. The van der Waals surface area contributed by atoms with E-state index >= 15 is 0 Å². The zero-order valence-corrected chi connectivity index (χ0v) is 8.75. The van der Waals surface area contributed by atoms with Gasteiger partial charge in [0.1, 0.15) is 5.82 Å². The summed E-state index contributed by atoms with van der Waals surface area (Å²) in [5, 5.41) is -3.84. The first-order valence-corrected chi connectivity index (χ1v) is 4.60. The Kier molecular flexibility index (Phi) is 3.62. The number of hydrogen-bond donors (Lipinski definition) is 0. The lowest BCUT2D eigenvalue weighted by atomic mass is 10.1. The molecule has 0 bridgehead atoms. The molecule has 0 spiro atoms. The highest BCUT2D eigenvalue weighted by Gasteiger charge is 2.35. The Hall–Kier alpha value is -0.740. The minimum absolute atomic E-state index is 0.126. The highest BCUT2D eigenvalue weighted by Crippen LogP contribution is 2.23. The van der Waals surface area contributed by atoms with Crippen LogP contribution in [0.5, 0.6) is 0 Å². The van der Waals surface area contributed by atoms with Crippen molar-refractivity contribution >= 4 is 29.0 Å². The van der Waals surface area contributed by atoms with Gasteiger partial charge in [-0.15, -0.1) is 0 Å². The minimum Gasteiger partial charge on any atom is -0.291 e. The Bertz CT molecular complexity index is 387. The van der Waals surface area contributed by atoms with Gasteiger partial charge in [0.05, 0.1) is 0 Å². The average molecular weight is 257 g/mol. The van der Waals surface area contributed by atoms with Gasteiger partial charge >= 0.3 is 5.38 Å². The van der Waals surface area contributed by atoms with Gasteiger partial charge in [-0.1, -0.05) is 17.7 Å². The smallest absolute Gasteiger partial charge is 0.291 e. The summed E-state index contributed by atoms with van der Waals surface area (Å²) in [7, 11) is 0. The van der Waals surface area contributed by atoms with Crippen molar-refractivity contribution in [1.29, 1.82) is 0 Å². The van der Waals surface area contributed by atoms with Gasteiger partial charge in [-0.3, -0.25) is 4.79 Å². The number of halogens is 5. The third-order valence-corrected chi connectivity index (χ3v) is 2.13. The number of alkyl halides is 3. The second-order valence-corrected chi connectivity index (χ2v) is 3.74. The maximum atomic E-state index is 13.1. The predicted octanol–water partition coefficient (Wildman–Crippen LogP) is 3.42. The first-order chi connectivity index (χ1) is 6.80. The number of Topliss-reactive ketones (excluding diaryl/α,β-unsaturated/α-hetero) is 1. The third-order valence-electron chi connectivity index (χ3n) is 1.68. The SMILES string of the molecule is O=C(Cc1ccc(Cl)cc1F)C(F)(F)Cl. The molecule has 1 aromatic carbocycles. The van der Waals surface area contributed by atoms with Crippen LogP contribution in [0.4, 0.5) is 13.2 Å². The second kappa shape index (κ2) is 4.41. The molecule has 0 atom stereocenters. The van der Waals surface area contributed by atoms with E-state index in [1.807, 2.05) is 0 Å². The number of benzene rings is 1. The molecule has 0 unspecified atom stereocenters. The van der Waals surface area contributed by atoms with Crippen molar-refractivity contribution in [3.8, 4) is 0 Å². The van der Waals surface area contributed by atoms with Crippen LogP contribution in [0.15, 0.2) is 18.2 Å². The van der Waals surface area contributed by atoms with Gasteiger partial charge in [0.2, 0.25) is 5.78 Å². The number of rotatable bonds is 3. The van der Waals surface area contributed by atoms with Crippen LogP contribution in [0.2, 0.25) is 5.02 Å². The van der Waals surface area contributed by atoms with Crippen LogP contribution in [0.3, 0.4) is 0 Å². The normalized spacial score (nSPS) is 11.5. The van der Waals surface area contributed by atoms with Gasteiger partial charge in [0, 0.05) is 11.4 Å². The van der Waals surface area contributed by atoms with Gasteiger partial charge < -0.3 is 0 Å². The molecule has 0 aliphatic heterocycles. The molecule has 0 aliphatic carbocycles. The third kappa shape index (κ3) is 3.39. The summed E-state index contributed by atoms with van der Waals surface area (Å²) >= 11 is 9.93. The summed E-state index contributed by atoms with van der Waals surface area (Å²) in [4.78, 5) is 10.8. The summed E-state index contributed by atoms with van der Waals surface area (Å²) in [6.07, 6.45) is -0.764. The van der Waals surface area contributed by atoms with Crippen LogP contribution in [-0.4, -0.2) is 11.2 Å². The Morgan fingerprint density at radius 2 is 2.00 bits per heavy atom. The Morgan fingerprint density at radius 3 is 2.47 bits per heavy atom. The summed E-state index contributed by atoms with van der Waals surface area (Å²) in [5.41, 5.74) is -0.162. The Labute approximate surface area is 93.8 Å². The molecule has 1 rings (SSSR count). The van der Waals surface area contributed by atoms with E-state index in [-0.39, 0.29) is 10.6 Å². The van der Waals surface area contributed by atoms with Gasteiger partial charge in [-0.25, -0.2) is 4.39 Å². The molecule has 0 aromatic heterocycles. The van der Waals surface area contributed by atoms with Crippen molar-refractivity contribution in [2.75, 3.05) is 0 Å². The van der Waals surface area contributed by atoms with E-state index in [4.69, 9.17) is 11.6 Å². The van der Waals surface area contributed by atoms with E-state index in [1.54, 1.807) is 0 Å². The van der Waals surface area contributed by atoms with E-state index in [0.717, 1.165) is 12.1 Å². The van der Waals surface area contributed by atoms with E-state index in [0.29, 0.717) is 0 Å².